The van der Waals surface area contributed by atoms with Gasteiger partial charge in [-0.25, -0.2) is 13.1 Å². The van der Waals surface area contributed by atoms with Gasteiger partial charge < -0.3 is 0 Å². The molecule has 0 fully saturated rings. The van der Waals surface area contributed by atoms with E-state index in [1.807, 2.05) is 0 Å². The van der Waals surface area contributed by atoms with E-state index in [9.17, 15) is 8.42 Å². The Hall–Kier alpha value is -1.36. The molecule has 0 aliphatic heterocycles. The van der Waals surface area contributed by atoms with Gasteiger partial charge in [-0.3, -0.25) is 0 Å². The van der Waals surface area contributed by atoms with Crippen molar-refractivity contribution in [1.82, 2.24) is 4.72 Å². The fourth-order valence-electron chi connectivity index (χ4n) is 1.72. The topological polar surface area (TPSA) is 46.2 Å². The van der Waals surface area contributed by atoms with Gasteiger partial charge in [0, 0.05) is 11.1 Å². The minimum atomic E-state index is -3.50. The van der Waals surface area contributed by atoms with Crippen LogP contribution in [0.25, 0.3) is 0 Å². The first-order valence-electron chi connectivity index (χ1n) is 5.82. The number of hydrogen-bond acceptors (Lipinski definition) is 2. The highest BCUT2D eigenvalue weighted by Crippen LogP contribution is 2.18. The van der Waals surface area contributed by atoms with Crippen molar-refractivity contribution < 1.29 is 8.42 Å². The lowest BCUT2D eigenvalue weighted by Gasteiger charge is -2.14. The van der Waals surface area contributed by atoms with Gasteiger partial charge in [0.2, 0.25) is 10.0 Å². The van der Waals surface area contributed by atoms with Crippen LogP contribution in [-0.2, 0) is 10.0 Å². The van der Waals surface area contributed by atoms with E-state index < -0.39 is 10.0 Å². The number of rotatable bonds is 4. The van der Waals surface area contributed by atoms with Crippen LogP contribution in [0.5, 0.6) is 0 Å². The molecule has 3 nitrogen and oxygen atoms in total. The molecule has 2 aromatic carbocycles. The second kappa shape index (κ2) is 5.74. The fraction of sp³-hybridized carbons (Fsp3) is 0.143. The van der Waals surface area contributed by atoms with E-state index in [-0.39, 0.29) is 10.9 Å². The van der Waals surface area contributed by atoms with Gasteiger partial charge >= 0.3 is 0 Å². The van der Waals surface area contributed by atoms with Crippen LogP contribution in [0, 0.1) is 0 Å². The van der Waals surface area contributed by atoms with Crippen LogP contribution < -0.4 is 4.72 Å². The largest absolute Gasteiger partial charge is 0.241 e. The molecule has 0 spiro atoms. The molecule has 1 atom stereocenters. The van der Waals surface area contributed by atoms with Crippen LogP contribution >= 0.6 is 11.6 Å². The maximum Gasteiger partial charge on any atom is 0.241 e. The third-order valence-corrected chi connectivity index (χ3v) is 4.56. The molecule has 0 radical (unpaired) electrons. The number of halogens is 1. The van der Waals surface area contributed by atoms with E-state index in [1.165, 1.54) is 0 Å². The number of nitrogens with one attached hydrogen (secondary N) is 1. The predicted molar refractivity (Wildman–Crippen MR) is 76.6 cm³/mol. The smallest absolute Gasteiger partial charge is 0.207 e. The summed E-state index contributed by atoms with van der Waals surface area (Å²) in [4.78, 5) is 0.260. The summed E-state index contributed by atoms with van der Waals surface area (Å²) < 4.78 is 26.9. The van der Waals surface area contributed by atoms with Crippen LogP contribution in [0.1, 0.15) is 18.5 Å². The third kappa shape index (κ3) is 3.56. The van der Waals surface area contributed by atoms with E-state index in [1.54, 1.807) is 61.5 Å². The third-order valence-electron chi connectivity index (χ3n) is 2.76. The predicted octanol–water partition coefficient (Wildman–Crippen LogP) is 3.38. The minimum Gasteiger partial charge on any atom is -0.207 e. The van der Waals surface area contributed by atoms with Crippen LogP contribution in [0.15, 0.2) is 59.5 Å². The molecule has 2 rings (SSSR count). The summed E-state index contributed by atoms with van der Waals surface area (Å²) in [5, 5.41) is 0.627. The summed E-state index contributed by atoms with van der Waals surface area (Å²) in [6, 6.07) is 15.1. The maximum atomic E-state index is 12.1. The molecular formula is C14H14ClNO2S. The molecule has 19 heavy (non-hydrogen) atoms. The van der Waals surface area contributed by atoms with E-state index in [4.69, 9.17) is 11.6 Å². The zero-order valence-electron chi connectivity index (χ0n) is 10.4. The first-order chi connectivity index (χ1) is 8.99. The Bertz CT molecular complexity index is 639. The molecule has 2 aromatic rings. The Balaban J connectivity index is 2.19. The molecule has 0 unspecified atom stereocenters. The normalized spacial score (nSPS) is 13.2. The summed E-state index contributed by atoms with van der Waals surface area (Å²) in [5.41, 5.74) is 0.865. The Kier molecular flexibility index (Phi) is 4.24. The van der Waals surface area contributed by atoms with Crippen LogP contribution in [-0.4, -0.2) is 8.42 Å². The van der Waals surface area contributed by atoms with Crippen molar-refractivity contribution in [3.8, 4) is 0 Å². The molecule has 0 amide bonds. The zero-order valence-corrected chi connectivity index (χ0v) is 11.9. The molecule has 0 aromatic heterocycles. The van der Waals surface area contributed by atoms with Gasteiger partial charge in [0.05, 0.1) is 4.90 Å². The Labute approximate surface area is 118 Å². The van der Waals surface area contributed by atoms with Gasteiger partial charge in [-0.05, 0) is 36.8 Å². The molecule has 0 heterocycles. The van der Waals surface area contributed by atoms with Gasteiger partial charge in [-0.2, -0.15) is 0 Å². The molecule has 0 aliphatic carbocycles. The quantitative estimate of drug-likeness (QED) is 0.940. The average Bonchev–Trinajstić information content (AvgIpc) is 2.40. The second-order valence-electron chi connectivity index (χ2n) is 4.21. The van der Waals surface area contributed by atoms with Crippen molar-refractivity contribution in [2.75, 3.05) is 0 Å². The zero-order chi connectivity index (χ0) is 13.9. The minimum absolute atomic E-state index is 0.260. The SMILES string of the molecule is C[C@@H](NS(=O)(=O)c1ccccc1)c1ccc(Cl)cc1. The highest BCUT2D eigenvalue weighted by molar-refractivity contribution is 7.89. The molecule has 5 heteroatoms. The number of hydrogen-bond donors (Lipinski definition) is 1. The Morgan fingerprint density at radius 3 is 2.16 bits per heavy atom. The Morgan fingerprint density at radius 1 is 1.00 bits per heavy atom. The van der Waals surface area contributed by atoms with Crippen LogP contribution in [0.3, 0.4) is 0 Å². The first-order valence-corrected chi connectivity index (χ1v) is 7.68. The molecule has 0 saturated heterocycles. The highest BCUT2D eigenvalue weighted by atomic mass is 35.5. The van der Waals surface area contributed by atoms with Crippen LogP contribution in [0.4, 0.5) is 0 Å². The number of sulfonamides is 1. The standard InChI is InChI=1S/C14H14ClNO2S/c1-11(12-7-9-13(15)10-8-12)16-19(17,18)14-5-3-2-4-6-14/h2-11,16H,1H3/t11-/m1/s1. The van der Waals surface area contributed by atoms with Crippen LogP contribution in [0.2, 0.25) is 5.02 Å². The van der Waals surface area contributed by atoms with Crippen molar-refractivity contribution in [3.05, 3.63) is 65.2 Å². The summed E-state index contributed by atoms with van der Waals surface area (Å²) in [5.74, 6) is 0. The van der Waals surface area contributed by atoms with Crippen molar-refractivity contribution in [2.24, 2.45) is 0 Å². The fourth-order valence-corrected chi connectivity index (χ4v) is 3.10. The van der Waals surface area contributed by atoms with Crippen molar-refractivity contribution in [3.63, 3.8) is 0 Å². The maximum absolute atomic E-state index is 12.1. The van der Waals surface area contributed by atoms with E-state index in [0.29, 0.717) is 5.02 Å². The monoisotopic (exact) mass is 295 g/mol. The van der Waals surface area contributed by atoms with E-state index in [2.05, 4.69) is 4.72 Å². The second-order valence-corrected chi connectivity index (χ2v) is 6.36. The summed E-state index contributed by atoms with van der Waals surface area (Å²) in [6.45, 7) is 1.80. The molecule has 100 valence electrons. The molecule has 0 aliphatic rings. The summed E-state index contributed by atoms with van der Waals surface area (Å²) in [7, 11) is -3.50. The molecule has 0 saturated carbocycles. The molecule has 0 bridgehead atoms. The lowest BCUT2D eigenvalue weighted by atomic mass is 10.1. The summed E-state index contributed by atoms with van der Waals surface area (Å²) in [6.07, 6.45) is 0. The average molecular weight is 296 g/mol. The van der Waals surface area contributed by atoms with Gasteiger partial charge in [0.15, 0.2) is 0 Å². The van der Waals surface area contributed by atoms with Gasteiger partial charge in [-0.15, -0.1) is 0 Å². The molecular weight excluding hydrogens is 282 g/mol. The molecule has 1 N–H and O–H groups in total. The van der Waals surface area contributed by atoms with Gasteiger partial charge in [0.1, 0.15) is 0 Å². The van der Waals surface area contributed by atoms with E-state index in [0.717, 1.165) is 5.56 Å². The van der Waals surface area contributed by atoms with Gasteiger partial charge in [0.25, 0.3) is 0 Å². The van der Waals surface area contributed by atoms with Crippen molar-refractivity contribution in [1.29, 1.82) is 0 Å². The van der Waals surface area contributed by atoms with Gasteiger partial charge in [-0.1, -0.05) is 41.9 Å². The van der Waals surface area contributed by atoms with E-state index >= 15 is 0 Å². The lowest BCUT2D eigenvalue weighted by Crippen LogP contribution is -2.26. The summed E-state index contributed by atoms with van der Waals surface area (Å²) >= 11 is 5.81. The van der Waals surface area contributed by atoms with Crippen molar-refractivity contribution >= 4 is 21.6 Å². The van der Waals surface area contributed by atoms with Crippen molar-refractivity contribution in [2.45, 2.75) is 17.9 Å². The number of benzene rings is 2. The Morgan fingerprint density at radius 2 is 1.58 bits per heavy atom. The lowest BCUT2D eigenvalue weighted by molar-refractivity contribution is 0.567. The first kappa shape index (κ1) is 14.1. The highest BCUT2D eigenvalue weighted by Gasteiger charge is 2.17.